The van der Waals surface area contributed by atoms with E-state index in [1.807, 2.05) is 19.1 Å². The molecule has 2 heterocycles. The van der Waals surface area contributed by atoms with Crippen molar-refractivity contribution >= 4 is 5.91 Å². The predicted octanol–water partition coefficient (Wildman–Crippen LogP) is 1.17. The maximum atomic E-state index is 12.2. The molecular weight excluding hydrogens is 232 g/mol. The number of pyridine rings is 1. The molecule has 1 unspecified atom stereocenters. The lowest BCUT2D eigenvalue weighted by Crippen LogP contribution is -2.36. The molecule has 1 atom stereocenters. The highest BCUT2D eigenvalue weighted by Crippen LogP contribution is 2.15. The summed E-state index contributed by atoms with van der Waals surface area (Å²) in [4.78, 5) is 28.4. The first-order valence-corrected chi connectivity index (χ1v) is 5.91. The minimum Gasteiger partial charge on any atom is -0.491 e. The van der Waals surface area contributed by atoms with E-state index in [4.69, 9.17) is 4.74 Å². The highest BCUT2D eigenvalue weighted by molar-refractivity contribution is 5.93. The van der Waals surface area contributed by atoms with Crippen molar-refractivity contribution in [1.29, 1.82) is 0 Å². The monoisotopic (exact) mass is 248 g/mol. The van der Waals surface area contributed by atoms with Gasteiger partial charge in [-0.05, 0) is 6.42 Å². The number of H-pyrrole nitrogens is 1. The average molecular weight is 248 g/mol. The molecule has 0 aliphatic carbocycles. The number of methoxy groups -OCH3 is 1. The van der Waals surface area contributed by atoms with Gasteiger partial charge in [0.15, 0.2) is 5.75 Å². The second-order valence-corrected chi connectivity index (χ2v) is 4.14. The maximum Gasteiger partial charge on any atom is 0.271 e. The molecule has 0 bridgehead atoms. The highest BCUT2D eigenvalue weighted by atomic mass is 16.5. The minimum atomic E-state index is -0.292. The van der Waals surface area contributed by atoms with Gasteiger partial charge in [-0.25, -0.2) is 0 Å². The molecule has 2 rings (SSSR count). The molecule has 0 saturated carbocycles. The summed E-state index contributed by atoms with van der Waals surface area (Å²) in [5.74, 6) is 0.0461. The Hall–Kier alpha value is -2.04. The van der Waals surface area contributed by atoms with E-state index in [0.29, 0.717) is 12.2 Å². The molecule has 1 aromatic heterocycles. The third-order valence-electron chi connectivity index (χ3n) is 3.07. The van der Waals surface area contributed by atoms with Crippen LogP contribution in [-0.2, 0) is 0 Å². The standard InChI is InChI=1S/C13H16N2O3/c1-3-9-5-4-6-15(9)13(17)10-7-11(16)12(18-2)8-14-10/h4-5,7-9H,3,6H2,1-2H3,(H,14,16). The lowest BCUT2D eigenvalue weighted by molar-refractivity contribution is 0.0741. The first-order valence-electron chi connectivity index (χ1n) is 5.91. The summed E-state index contributed by atoms with van der Waals surface area (Å²) in [5, 5.41) is 0. The van der Waals surface area contributed by atoms with Crippen LogP contribution in [0.2, 0.25) is 0 Å². The zero-order valence-electron chi connectivity index (χ0n) is 10.5. The fourth-order valence-electron chi connectivity index (χ4n) is 2.06. The van der Waals surface area contributed by atoms with Crippen LogP contribution in [0.15, 0.2) is 29.2 Å². The van der Waals surface area contributed by atoms with Gasteiger partial charge in [0.05, 0.1) is 13.2 Å². The third kappa shape index (κ3) is 2.16. The Balaban J connectivity index is 2.24. The molecule has 0 saturated heterocycles. The molecule has 1 amide bonds. The van der Waals surface area contributed by atoms with Crippen LogP contribution in [0.3, 0.4) is 0 Å². The van der Waals surface area contributed by atoms with Crippen molar-refractivity contribution < 1.29 is 9.53 Å². The predicted molar refractivity (Wildman–Crippen MR) is 67.9 cm³/mol. The maximum absolute atomic E-state index is 12.2. The molecule has 1 N–H and O–H groups in total. The molecule has 18 heavy (non-hydrogen) atoms. The molecule has 5 heteroatoms. The summed E-state index contributed by atoms with van der Waals surface area (Å²) in [6.45, 7) is 2.61. The first kappa shape index (κ1) is 12.4. The minimum absolute atomic E-state index is 0.114. The molecule has 0 radical (unpaired) electrons. The number of hydrogen-bond donors (Lipinski definition) is 1. The van der Waals surface area contributed by atoms with Crippen LogP contribution in [-0.4, -0.2) is 35.5 Å². The van der Waals surface area contributed by atoms with Crippen molar-refractivity contribution in [1.82, 2.24) is 9.88 Å². The van der Waals surface area contributed by atoms with Gasteiger partial charge in [0.1, 0.15) is 5.69 Å². The van der Waals surface area contributed by atoms with Crippen molar-refractivity contribution in [2.24, 2.45) is 0 Å². The lowest BCUT2D eigenvalue weighted by atomic mass is 10.2. The number of aromatic nitrogens is 1. The summed E-state index contributed by atoms with van der Waals surface area (Å²) in [6.07, 6.45) is 6.26. The van der Waals surface area contributed by atoms with Gasteiger partial charge in [0.25, 0.3) is 5.91 Å². The number of ether oxygens (including phenoxy) is 1. The Morgan fingerprint density at radius 1 is 1.61 bits per heavy atom. The second kappa shape index (κ2) is 5.08. The van der Waals surface area contributed by atoms with E-state index in [-0.39, 0.29) is 23.1 Å². The molecule has 5 nitrogen and oxygen atoms in total. The van der Waals surface area contributed by atoms with Crippen LogP contribution >= 0.6 is 0 Å². The topological polar surface area (TPSA) is 62.4 Å². The van der Waals surface area contributed by atoms with E-state index in [2.05, 4.69) is 4.98 Å². The highest BCUT2D eigenvalue weighted by Gasteiger charge is 2.25. The number of amides is 1. The van der Waals surface area contributed by atoms with E-state index in [9.17, 15) is 9.59 Å². The Morgan fingerprint density at radius 2 is 2.39 bits per heavy atom. The smallest absolute Gasteiger partial charge is 0.271 e. The van der Waals surface area contributed by atoms with Crippen molar-refractivity contribution in [3.05, 3.63) is 40.3 Å². The van der Waals surface area contributed by atoms with E-state index >= 15 is 0 Å². The molecule has 0 fully saturated rings. The summed E-state index contributed by atoms with van der Waals surface area (Å²) < 4.78 is 4.87. The number of nitrogens with zero attached hydrogens (tertiary/aromatic N) is 1. The number of hydrogen-bond acceptors (Lipinski definition) is 3. The number of nitrogens with one attached hydrogen (secondary N) is 1. The van der Waals surface area contributed by atoms with Crippen molar-refractivity contribution in [2.45, 2.75) is 19.4 Å². The summed E-state index contributed by atoms with van der Waals surface area (Å²) >= 11 is 0. The molecule has 1 aromatic rings. The fourth-order valence-corrected chi connectivity index (χ4v) is 2.06. The van der Waals surface area contributed by atoms with Crippen LogP contribution in [0, 0.1) is 0 Å². The first-order chi connectivity index (χ1) is 8.67. The van der Waals surface area contributed by atoms with Crippen LogP contribution in [0.4, 0.5) is 0 Å². The van der Waals surface area contributed by atoms with Gasteiger partial charge in [-0.3, -0.25) is 9.59 Å². The van der Waals surface area contributed by atoms with E-state index in [1.54, 1.807) is 4.90 Å². The lowest BCUT2D eigenvalue weighted by Gasteiger charge is -2.23. The van der Waals surface area contributed by atoms with Crippen LogP contribution in [0.1, 0.15) is 23.8 Å². The van der Waals surface area contributed by atoms with Crippen LogP contribution < -0.4 is 10.2 Å². The molecule has 96 valence electrons. The fraction of sp³-hybridized carbons (Fsp3) is 0.385. The van der Waals surface area contributed by atoms with Gasteiger partial charge in [-0.2, -0.15) is 0 Å². The van der Waals surface area contributed by atoms with Gasteiger partial charge in [0.2, 0.25) is 5.43 Å². The SMILES string of the molecule is CCC1C=CCN1C(=O)c1cc(=O)c(OC)c[nH]1. The largest absolute Gasteiger partial charge is 0.491 e. The zero-order chi connectivity index (χ0) is 13.1. The number of carbonyl (C=O) groups excluding carboxylic acids is 1. The van der Waals surface area contributed by atoms with Crippen LogP contribution in [0.25, 0.3) is 0 Å². The molecule has 0 spiro atoms. The van der Waals surface area contributed by atoms with Gasteiger partial charge in [-0.15, -0.1) is 0 Å². The second-order valence-electron chi connectivity index (χ2n) is 4.14. The van der Waals surface area contributed by atoms with E-state index in [1.165, 1.54) is 19.4 Å². The van der Waals surface area contributed by atoms with E-state index in [0.717, 1.165) is 6.42 Å². The Kier molecular flexibility index (Phi) is 3.50. The summed E-state index contributed by atoms with van der Waals surface area (Å²) in [5.41, 5.74) is 0.00255. The molecular formula is C13H16N2O3. The van der Waals surface area contributed by atoms with E-state index < -0.39 is 0 Å². The molecule has 0 aromatic carbocycles. The van der Waals surface area contributed by atoms with Gasteiger partial charge in [-0.1, -0.05) is 19.1 Å². The number of carbonyl (C=O) groups is 1. The van der Waals surface area contributed by atoms with Gasteiger partial charge >= 0.3 is 0 Å². The van der Waals surface area contributed by atoms with Gasteiger partial charge in [0, 0.05) is 18.8 Å². The Morgan fingerprint density at radius 3 is 3.00 bits per heavy atom. The Bertz CT molecular complexity index is 533. The van der Waals surface area contributed by atoms with Crippen molar-refractivity contribution in [3.8, 4) is 5.75 Å². The van der Waals surface area contributed by atoms with Crippen LogP contribution in [0.5, 0.6) is 5.75 Å². The molecule has 1 aliphatic rings. The van der Waals surface area contributed by atoms with Gasteiger partial charge < -0.3 is 14.6 Å². The Labute approximate surface area is 105 Å². The van der Waals surface area contributed by atoms with Crippen molar-refractivity contribution in [2.75, 3.05) is 13.7 Å². The van der Waals surface area contributed by atoms with Crippen molar-refractivity contribution in [3.63, 3.8) is 0 Å². The molecule has 1 aliphatic heterocycles. The summed E-state index contributed by atoms with van der Waals surface area (Å²) in [7, 11) is 1.42. The summed E-state index contributed by atoms with van der Waals surface area (Å²) in [6, 6.07) is 1.40. The number of aromatic amines is 1. The zero-order valence-corrected chi connectivity index (χ0v) is 10.5. The average Bonchev–Trinajstić information content (AvgIpc) is 2.86. The quantitative estimate of drug-likeness (QED) is 0.817. The third-order valence-corrected chi connectivity index (χ3v) is 3.07. The normalized spacial score (nSPS) is 18.1. The number of rotatable bonds is 3.